The number of ether oxygens (including phenoxy) is 1. The van der Waals surface area contributed by atoms with Gasteiger partial charge in [0, 0.05) is 19.6 Å². The van der Waals surface area contributed by atoms with Crippen LogP contribution in [0.2, 0.25) is 0 Å². The van der Waals surface area contributed by atoms with Crippen molar-refractivity contribution >= 4 is 5.97 Å². The molecule has 116 valence electrons. The largest absolute Gasteiger partial charge is 0.465 e. The molecule has 1 heterocycles. The molecule has 0 aliphatic carbocycles. The van der Waals surface area contributed by atoms with Gasteiger partial charge in [0.15, 0.2) is 0 Å². The molecule has 4 nitrogen and oxygen atoms in total. The van der Waals surface area contributed by atoms with Crippen molar-refractivity contribution in [2.75, 3.05) is 32.8 Å². The molecule has 1 unspecified atom stereocenters. The summed E-state index contributed by atoms with van der Waals surface area (Å²) in [5.74, 6) is -0.619. The topological polar surface area (TPSA) is 41.6 Å². The fourth-order valence-corrected chi connectivity index (χ4v) is 2.72. The van der Waals surface area contributed by atoms with E-state index < -0.39 is 6.04 Å². The summed E-state index contributed by atoms with van der Waals surface area (Å²) in [7, 11) is 0. The maximum absolute atomic E-state index is 13.6. The van der Waals surface area contributed by atoms with E-state index in [4.69, 9.17) is 4.74 Å². The number of benzene rings is 1. The minimum atomic E-state index is -0.527. The first-order valence-electron chi connectivity index (χ1n) is 7.51. The molecule has 0 spiro atoms. The number of halogens is 1. The second-order valence-corrected chi connectivity index (χ2v) is 5.30. The van der Waals surface area contributed by atoms with Crippen LogP contribution in [-0.2, 0) is 9.53 Å². The number of hydrogen-bond donors (Lipinski definition) is 1. The molecule has 1 N–H and O–H groups in total. The Kier molecular flexibility index (Phi) is 5.70. The lowest BCUT2D eigenvalue weighted by Crippen LogP contribution is -2.38. The molecular formula is C16H23FN2O2. The van der Waals surface area contributed by atoms with E-state index in [0.29, 0.717) is 12.2 Å². The van der Waals surface area contributed by atoms with Gasteiger partial charge in [-0.15, -0.1) is 0 Å². The first kappa shape index (κ1) is 15.9. The van der Waals surface area contributed by atoms with E-state index in [-0.39, 0.29) is 11.8 Å². The fraction of sp³-hybridized carbons (Fsp3) is 0.562. The van der Waals surface area contributed by atoms with Gasteiger partial charge in [0.25, 0.3) is 0 Å². The number of carbonyl (C=O) groups excluding carboxylic acids is 1. The Bertz CT molecular complexity index is 485. The summed E-state index contributed by atoms with van der Waals surface area (Å²) in [4.78, 5) is 14.5. The average molecular weight is 294 g/mol. The number of hydrogen-bond acceptors (Lipinski definition) is 4. The molecule has 1 aliphatic heterocycles. The summed E-state index contributed by atoms with van der Waals surface area (Å²) in [5.41, 5.74) is 1.61. The van der Waals surface area contributed by atoms with Crippen molar-refractivity contribution in [3.63, 3.8) is 0 Å². The van der Waals surface area contributed by atoms with Gasteiger partial charge in [-0.3, -0.25) is 4.90 Å². The van der Waals surface area contributed by atoms with Crippen molar-refractivity contribution in [1.82, 2.24) is 10.2 Å². The van der Waals surface area contributed by atoms with Gasteiger partial charge < -0.3 is 10.1 Å². The van der Waals surface area contributed by atoms with E-state index >= 15 is 0 Å². The van der Waals surface area contributed by atoms with E-state index in [1.54, 1.807) is 13.0 Å². The number of nitrogens with one attached hydrogen (secondary N) is 1. The summed E-state index contributed by atoms with van der Waals surface area (Å²) >= 11 is 0. The summed E-state index contributed by atoms with van der Waals surface area (Å²) < 4.78 is 18.8. The number of esters is 1. The zero-order valence-electron chi connectivity index (χ0n) is 12.7. The lowest BCUT2D eigenvalue weighted by atomic mass is 9.99. The Morgan fingerprint density at radius 3 is 3.00 bits per heavy atom. The molecule has 0 saturated carbocycles. The Balaban J connectivity index is 2.34. The SMILES string of the molecule is CCOC(=O)C(c1cc(F)ccc1C)N1CCCNCC1. The van der Waals surface area contributed by atoms with Crippen molar-refractivity contribution in [1.29, 1.82) is 0 Å². The molecule has 0 radical (unpaired) electrons. The highest BCUT2D eigenvalue weighted by molar-refractivity contribution is 5.78. The monoisotopic (exact) mass is 294 g/mol. The van der Waals surface area contributed by atoms with Gasteiger partial charge in [0.05, 0.1) is 6.61 Å². The Labute approximate surface area is 125 Å². The molecule has 1 aromatic carbocycles. The summed E-state index contributed by atoms with van der Waals surface area (Å²) in [6.45, 7) is 7.33. The quantitative estimate of drug-likeness (QED) is 0.863. The maximum Gasteiger partial charge on any atom is 0.328 e. The van der Waals surface area contributed by atoms with Crippen molar-refractivity contribution in [3.8, 4) is 0 Å². The number of rotatable bonds is 4. The molecule has 1 saturated heterocycles. The predicted molar refractivity (Wildman–Crippen MR) is 79.6 cm³/mol. The van der Waals surface area contributed by atoms with E-state index in [1.165, 1.54) is 12.1 Å². The first-order chi connectivity index (χ1) is 10.1. The molecule has 1 aromatic rings. The third-order valence-corrected chi connectivity index (χ3v) is 3.79. The van der Waals surface area contributed by atoms with E-state index in [1.807, 2.05) is 6.92 Å². The molecule has 5 heteroatoms. The average Bonchev–Trinajstić information content (AvgIpc) is 2.72. The maximum atomic E-state index is 13.6. The van der Waals surface area contributed by atoms with Gasteiger partial charge >= 0.3 is 5.97 Å². The van der Waals surface area contributed by atoms with E-state index in [9.17, 15) is 9.18 Å². The third kappa shape index (κ3) is 4.02. The van der Waals surface area contributed by atoms with Crippen molar-refractivity contribution in [2.24, 2.45) is 0 Å². The minimum Gasteiger partial charge on any atom is -0.465 e. The summed E-state index contributed by atoms with van der Waals surface area (Å²) in [6.07, 6.45) is 0.963. The van der Waals surface area contributed by atoms with Gasteiger partial charge in [-0.05, 0) is 50.1 Å². The first-order valence-corrected chi connectivity index (χ1v) is 7.51. The van der Waals surface area contributed by atoms with Gasteiger partial charge in [-0.1, -0.05) is 6.07 Å². The molecule has 1 atom stereocenters. The van der Waals surface area contributed by atoms with Gasteiger partial charge in [-0.25, -0.2) is 9.18 Å². The smallest absolute Gasteiger partial charge is 0.328 e. The fourth-order valence-electron chi connectivity index (χ4n) is 2.72. The van der Waals surface area contributed by atoms with Crippen LogP contribution in [0.3, 0.4) is 0 Å². The lowest BCUT2D eigenvalue weighted by Gasteiger charge is -2.30. The van der Waals surface area contributed by atoms with Crippen molar-refractivity contribution in [3.05, 3.63) is 35.1 Å². The second-order valence-electron chi connectivity index (χ2n) is 5.30. The molecule has 0 bridgehead atoms. The van der Waals surface area contributed by atoms with Gasteiger partial charge in [0.2, 0.25) is 0 Å². The zero-order valence-corrected chi connectivity index (χ0v) is 12.7. The van der Waals surface area contributed by atoms with Crippen LogP contribution in [0, 0.1) is 12.7 Å². The highest BCUT2D eigenvalue weighted by atomic mass is 19.1. The van der Waals surface area contributed by atoms with Gasteiger partial charge in [-0.2, -0.15) is 0 Å². The molecule has 1 fully saturated rings. The standard InChI is InChI=1S/C16H23FN2O2/c1-3-21-16(20)15(19-9-4-7-18-8-10-19)14-11-13(17)6-5-12(14)2/h5-6,11,15,18H,3-4,7-10H2,1-2H3. The van der Waals surface area contributed by atoms with Crippen LogP contribution in [0.25, 0.3) is 0 Å². The van der Waals surface area contributed by atoms with Crippen LogP contribution in [0.4, 0.5) is 4.39 Å². The third-order valence-electron chi connectivity index (χ3n) is 3.79. The van der Waals surface area contributed by atoms with Crippen LogP contribution in [-0.4, -0.2) is 43.7 Å². The van der Waals surface area contributed by atoms with Crippen molar-refractivity contribution in [2.45, 2.75) is 26.3 Å². The zero-order chi connectivity index (χ0) is 15.2. The predicted octanol–water partition coefficient (Wildman–Crippen LogP) is 2.03. The van der Waals surface area contributed by atoms with Crippen LogP contribution >= 0.6 is 0 Å². The van der Waals surface area contributed by atoms with E-state index in [0.717, 1.165) is 38.2 Å². The minimum absolute atomic E-state index is 0.298. The highest BCUT2D eigenvalue weighted by Gasteiger charge is 2.30. The molecule has 21 heavy (non-hydrogen) atoms. The molecule has 0 aromatic heterocycles. The highest BCUT2D eigenvalue weighted by Crippen LogP contribution is 2.26. The van der Waals surface area contributed by atoms with E-state index in [2.05, 4.69) is 10.2 Å². The van der Waals surface area contributed by atoms with Crippen molar-refractivity contribution < 1.29 is 13.9 Å². The Morgan fingerprint density at radius 1 is 1.43 bits per heavy atom. The van der Waals surface area contributed by atoms with Crippen LogP contribution in [0.1, 0.15) is 30.5 Å². The molecule has 2 rings (SSSR count). The lowest BCUT2D eigenvalue weighted by molar-refractivity contribution is -0.149. The number of aryl methyl sites for hydroxylation is 1. The van der Waals surface area contributed by atoms with Gasteiger partial charge in [0.1, 0.15) is 11.9 Å². The van der Waals surface area contributed by atoms with Crippen LogP contribution in [0.15, 0.2) is 18.2 Å². The Hall–Kier alpha value is -1.46. The van der Waals surface area contributed by atoms with Crippen LogP contribution < -0.4 is 5.32 Å². The number of carbonyl (C=O) groups is 1. The summed E-state index contributed by atoms with van der Waals surface area (Å²) in [5, 5.41) is 3.31. The molecule has 1 aliphatic rings. The number of nitrogens with zero attached hydrogens (tertiary/aromatic N) is 1. The molecule has 0 amide bonds. The normalized spacial score (nSPS) is 18.0. The molecular weight excluding hydrogens is 271 g/mol. The second kappa shape index (κ2) is 7.52. The Morgan fingerprint density at radius 2 is 2.24 bits per heavy atom. The van der Waals surface area contributed by atoms with Crippen LogP contribution in [0.5, 0.6) is 0 Å². The summed E-state index contributed by atoms with van der Waals surface area (Å²) in [6, 6.07) is 4.06.